The first-order valence-corrected chi connectivity index (χ1v) is 5.93. The number of carboxylic acids is 1. The molecule has 16 heavy (non-hydrogen) atoms. The summed E-state index contributed by atoms with van der Waals surface area (Å²) in [5.41, 5.74) is -0.343. The molecule has 0 amide bonds. The molecule has 1 rings (SSSR count). The van der Waals surface area contributed by atoms with Gasteiger partial charge in [-0.05, 0) is 32.4 Å². The van der Waals surface area contributed by atoms with Crippen molar-refractivity contribution in [3.63, 3.8) is 0 Å². The number of hydrogen-bond acceptors (Lipinski definition) is 2. The Bertz CT molecular complexity index is 392. The Morgan fingerprint density at radius 3 is 2.44 bits per heavy atom. The molecule has 0 bridgehead atoms. The molecule has 0 saturated carbocycles. The molecule has 1 aromatic carbocycles. The van der Waals surface area contributed by atoms with E-state index in [-0.39, 0.29) is 6.04 Å². The van der Waals surface area contributed by atoms with Crippen molar-refractivity contribution < 1.29 is 9.90 Å². The number of nitrogens with one attached hydrogen (secondary N) is 1. The summed E-state index contributed by atoms with van der Waals surface area (Å²) in [5.74, 6) is -0.881. The van der Waals surface area contributed by atoms with E-state index in [1.54, 1.807) is 6.92 Å². The van der Waals surface area contributed by atoms with Gasteiger partial charge in [0.05, 0.1) is 0 Å². The monoisotopic (exact) mass is 285 g/mol. The first kappa shape index (κ1) is 13.2. The average molecular weight is 286 g/mol. The van der Waals surface area contributed by atoms with Gasteiger partial charge in [0.15, 0.2) is 0 Å². The summed E-state index contributed by atoms with van der Waals surface area (Å²) in [6.45, 7) is 5.53. The quantitative estimate of drug-likeness (QED) is 0.894. The molecule has 1 aromatic rings. The van der Waals surface area contributed by atoms with Crippen LogP contribution in [0.4, 0.5) is 0 Å². The van der Waals surface area contributed by atoms with Crippen LogP contribution in [0.2, 0.25) is 0 Å². The van der Waals surface area contributed by atoms with Crippen LogP contribution in [-0.4, -0.2) is 17.1 Å². The van der Waals surface area contributed by atoms with E-state index in [2.05, 4.69) is 21.2 Å². The summed E-state index contributed by atoms with van der Waals surface area (Å²) in [6.07, 6.45) is 0. The van der Waals surface area contributed by atoms with Gasteiger partial charge < -0.3 is 5.11 Å². The predicted octanol–water partition coefficient (Wildman–Crippen LogP) is 2.75. The Hall–Kier alpha value is -0.870. The van der Waals surface area contributed by atoms with E-state index in [1.165, 1.54) is 0 Å². The highest BCUT2D eigenvalue weighted by Gasteiger charge is 2.36. The van der Waals surface area contributed by atoms with Crippen LogP contribution < -0.4 is 5.32 Å². The molecule has 0 aliphatic heterocycles. The highest BCUT2D eigenvalue weighted by molar-refractivity contribution is 9.10. The van der Waals surface area contributed by atoms with Crippen LogP contribution in [0, 0.1) is 0 Å². The van der Waals surface area contributed by atoms with Gasteiger partial charge in [0.1, 0.15) is 5.54 Å². The number of carboxylic acid groups (broad SMARTS) is 1. The van der Waals surface area contributed by atoms with Crippen LogP contribution in [0.1, 0.15) is 26.3 Å². The van der Waals surface area contributed by atoms with Gasteiger partial charge in [-0.15, -0.1) is 0 Å². The predicted molar refractivity (Wildman–Crippen MR) is 67.4 cm³/mol. The first-order chi connectivity index (χ1) is 7.38. The molecular weight excluding hydrogens is 270 g/mol. The molecule has 0 aromatic heterocycles. The van der Waals surface area contributed by atoms with E-state index in [0.29, 0.717) is 0 Å². The van der Waals surface area contributed by atoms with Gasteiger partial charge >= 0.3 is 5.97 Å². The summed E-state index contributed by atoms with van der Waals surface area (Å²) in [4.78, 5) is 11.4. The Labute approximate surface area is 104 Å². The Balaban J connectivity index is 3.22. The molecule has 1 atom stereocenters. The van der Waals surface area contributed by atoms with Crippen molar-refractivity contribution in [2.45, 2.75) is 32.4 Å². The van der Waals surface area contributed by atoms with Crippen LogP contribution in [0.15, 0.2) is 28.7 Å². The highest BCUT2D eigenvalue weighted by Crippen LogP contribution is 2.28. The molecule has 1 unspecified atom stereocenters. The normalized spacial score (nSPS) is 14.8. The first-order valence-electron chi connectivity index (χ1n) is 5.14. The standard InChI is InChI=1S/C12H16BrNO2/c1-8(2)14-12(3,11(15)16)9-6-4-5-7-10(9)13/h4-8,14H,1-3H3,(H,15,16). The summed E-state index contributed by atoms with van der Waals surface area (Å²) in [5, 5.41) is 12.5. The van der Waals surface area contributed by atoms with Crippen LogP contribution >= 0.6 is 15.9 Å². The van der Waals surface area contributed by atoms with Crippen LogP contribution in [0.3, 0.4) is 0 Å². The van der Waals surface area contributed by atoms with Crippen molar-refractivity contribution in [1.82, 2.24) is 5.32 Å². The van der Waals surface area contributed by atoms with Gasteiger partial charge in [-0.2, -0.15) is 0 Å². The van der Waals surface area contributed by atoms with E-state index >= 15 is 0 Å². The lowest BCUT2D eigenvalue weighted by molar-refractivity contribution is -0.145. The zero-order chi connectivity index (χ0) is 12.3. The maximum Gasteiger partial charge on any atom is 0.328 e. The van der Waals surface area contributed by atoms with E-state index in [4.69, 9.17) is 0 Å². The molecule has 4 heteroatoms. The van der Waals surface area contributed by atoms with Crippen molar-refractivity contribution in [3.05, 3.63) is 34.3 Å². The molecule has 0 aliphatic rings. The largest absolute Gasteiger partial charge is 0.480 e. The molecule has 2 N–H and O–H groups in total. The molecule has 0 aliphatic carbocycles. The van der Waals surface area contributed by atoms with E-state index < -0.39 is 11.5 Å². The molecule has 0 heterocycles. The summed E-state index contributed by atoms with van der Waals surface area (Å²) >= 11 is 3.39. The Morgan fingerprint density at radius 2 is 2.00 bits per heavy atom. The minimum atomic E-state index is -1.08. The van der Waals surface area contributed by atoms with Gasteiger partial charge in [0.25, 0.3) is 0 Å². The molecule has 0 spiro atoms. The fraction of sp³-hybridized carbons (Fsp3) is 0.417. The Morgan fingerprint density at radius 1 is 1.44 bits per heavy atom. The molecule has 88 valence electrons. The SMILES string of the molecule is CC(C)NC(C)(C(=O)O)c1ccccc1Br. The van der Waals surface area contributed by atoms with Gasteiger partial charge in [0, 0.05) is 10.5 Å². The average Bonchev–Trinajstić information content (AvgIpc) is 2.16. The van der Waals surface area contributed by atoms with Crippen LogP contribution in [0.5, 0.6) is 0 Å². The third-order valence-corrected chi connectivity index (χ3v) is 3.11. The second kappa shape index (κ2) is 4.97. The molecule has 0 fully saturated rings. The fourth-order valence-corrected chi connectivity index (χ4v) is 2.38. The Kier molecular flexibility index (Phi) is 4.10. The van der Waals surface area contributed by atoms with Crippen molar-refractivity contribution >= 4 is 21.9 Å². The van der Waals surface area contributed by atoms with Crippen LogP contribution in [-0.2, 0) is 10.3 Å². The minimum Gasteiger partial charge on any atom is -0.480 e. The fourth-order valence-electron chi connectivity index (χ4n) is 1.70. The lowest BCUT2D eigenvalue weighted by Gasteiger charge is -2.30. The van der Waals surface area contributed by atoms with Gasteiger partial charge in [0.2, 0.25) is 0 Å². The zero-order valence-corrected chi connectivity index (χ0v) is 11.2. The molecule has 0 saturated heterocycles. The number of hydrogen-bond donors (Lipinski definition) is 2. The number of carbonyl (C=O) groups is 1. The maximum atomic E-state index is 11.4. The van der Waals surface area contributed by atoms with Crippen molar-refractivity contribution in [2.75, 3.05) is 0 Å². The topological polar surface area (TPSA) is 49.3 Å². The number of rotatable bonds is 4. The lowest BCUT2D eigenvalue weighted by atomic mass is 9.91. The minimum absolute atomic E-state index is 0.0909. The maximum absolute atomic E-state index is 11.4. The number of benzene rings is 1. The summed E-state index contributed by atoms with van der Waals surface area (Å²) in [7, 11) is 0. The third-order valence-electron chi connectivity index (χ3n) is 2.42. The van der Waals surface area contributed by atoms with Gasteiger partial charge in [-0.1, -0.05) is 34.1 Å². The summed E-state index contributed by atoms with van der Waals surface area (Å²) in [6, 6.07) is 7.45. The second-order valence-corrected chi connectivity index (χ2v) is 5.06. The molecule has 3 nitrogen and oxygen atoms in total. The number of aliphatic carboxylic acids is 1. The lowest BCUT2D eigenvalue weighted by Crippen LogP contribution is -2.49. The second-order valence-electron chi connectivity index (χ2n) is 4.21. The van der Waals surface area contributed by atoms with Gasteiger partial charge in [-0.25, -0.2) is 4.79 Å². The summed E-state index contributed by atoms with van der Waals surface area (Å²) < 4.78 is 0.799. The third kappa shape index (κ3) is 2.62. The van der Waals surface area contributed by atoms with E-state index in [9.17, 15) is 9.90 Å². The van der Waals surface area contributed by atoms with E-state index in [0.717, 1.165) is 10.0 Å². The molecule has 0 radical (unpaired) electrons. The zero-order valence-electron chi connectivity index (χ0n) is 9.62. The highest BCUT2D eigenvalue weighted by atomic mass is 79.9. The molecular formula is C12H16BrNO2. The van der Waals surface area contributed by atoms with E-state index in [1.807, 2.05) is 38.1 Å². The van der Waals surface area contributed by atoms with Crippen molar-refractivity contribution in [2.24, 2.45) is 0 Å². The smallest absolute Gasteiger partial charge is 0.328 e. The van der Waals surface area contributed by atoms with Gasteiger partial charge in [-0.3, -0.25) is 5.32 Å². The van der Waals surface area contributed by atoms with Crippen molar-refractivity contribution in [3.8, 4) is 0 Å². The van der Waals surface area contributed by atoms with Crippen LogP contribution in [0.25, 0.3) is 0 Å². The van der Waals surface area contributed by atoms with Crippen molar-refractivity contribution in [1.29, 1.82) is 0 Å². The number of halogens is 1.